The van der Waals surface area contributed by atoms with E-state index in [-0.39, 0.29) is 35.2 Å². The molecule has 1 heterocycles. The van der Waals surface area contributed by atoms with Gasteiger partial charge in [-0.25, -0.2) is 0 Å². The van der Waals surface area contributed by atoms with Crippen LogP contribution in [-0.4, -0.2) is 43.9 Å². The number of hydrogen-bond acceptors (Lipinski definition) is 8. The first-order valence-electron chi connectivity index (χ1n) is 7.59. The van der Waals surface area contributed by atoms with Crippen molar-refractivity contribution < 1.29 is 30.3 Å². The minimum atomic E-state index is -0.933. The molecule has 136 valence electrons. The first-order chi connectivity index (χ1) is 11.9. The van der Waals surface area contributed by atoms with Gasteiger partial charge in [0.05, 0.1) is 6.10 Å². The molecule has 8 heteroatoms. The van der Waals surface area contributed by atoms with E-state index in [4.69, 9.17) is 10.5 Å². The fourth-order valence-electron chi connectivity index (χ4n) is 2.47. The van der Waals surface area contributed by atoms with Gasteiger partial charge >= 0.3 is 0 Å². The molecule has 2 atom stereocenters. The largest absolute Gasteiger partial charge is 0.508 e. The lowest BCUT2D eigenvalue weighted by Crippen LogP contribution is -2.30. The van der Waals surface area contributed by atoms with Gasteiger partial charge in [-0.2, -0.15) is 12.6 Å². The van der Waals surface area contributed by atoms with Crippen LogP contribution in [0.5, 0.6) is 28.7 Å². The Morgan fingerprint density at radius 2 is 1.72 bits per heavy atom. The maximum absolute atomic E-state index is 10.2. The van der Waals surface area contributed by atoms with Crippen LogP contribution in [-0.2, 0) is 6.42 Å². The summed E-state index contributed by atoms with van der Waals surface area (Å²) in [5.74, 6) is 0.203. The Morgan fingerprint density at radius 3 is 2.32 bits per heavy atom. The maximum atomic E-state index is 10.2. The summed E-state index contributed by atoms with van der Waals surface area (Å²) in [6, 6.07) is 6.67. The van der Waals surface area contributed by atoms with Crippen LogP contribution >= 0.6 is 12.6 Å². The van der Waals surface area contributed by atoms with Crippen molar-refractivity contribution in [3.05, 3.63) is 41.5 Å². The molecule has 0 aromatic heterocycles. The first kappa shape index (κ1) is 19.0. The number of benzene rings is 2. The molecular formula is C17H21NO6S. The average molecular weight is 367 g/mol. The number of phenols is 4. The molecule has 1 aliphatic heterocycles. The molecule has 0 amide bonds. The smallest absolute Gasteiger partial charge is 0.157 e. The Hall–Kier alpha value is -2.29. The highest BCUT2D eigenvalue weighted by molar-refractivity contribution is 7.80. The topological polar surface area (TPSA) is 136 Å². The maximum Gasteiger partial charge on any atom is 0.157 e. The number of rotatable bonds is 2. The van der Waals surface area contributed by atoms with Crippen molar-refractivity contribution >= 4 is 12.6 Å². The van der Waals surface area contributed by atoms with Crippen molar-refractivity contribution in [3.8, 4) is 28.7 Å². The summed E-state index contributed by atoms with van der Waals surface area (Å²) < 4.78 is 5.62. The Morgan fingerprint density at radius 1 is 1.04 bits per heavy atom. The van der Waals surface area contributed by atoms with Gasteiger partial charge in [0.2, 0.25) is 0 Å². The third-order valence-corrected chi connectivity index (χ3v) is 3.90. The zero-order valence-corrected chi connectivity index (χ0v) is 14.2. The number of hydrogen-bond donors (Lipinski definition) is 7. The summed E-state index contributed by atoms with van der Waals surface area (Å²) in [4.78, 5) is 0. The SMILES string of the molecule is NCCS.Oc1cc(O)c2c(c1)O[C@H](c1ccc(O)c(O)c1)[C@@H](O)C2. The lowest BCUT2D eigenvalue weighted by atomic mass is 9.94. The predicted molar refractivity (Wildman–Crippen MR) is 95.5 cm³/mol. The van der Waals surface area contributed by atoms with Gasteiger partial charge in [0, 0.05) is 36.4 Å². The van der Waals surface area contributed by atoms with Gasteiger partial charge in [0.25, 0.3) is 0 Å². The van der Waals surface area contributed by atoms with Crippen molar-refractivity contribution in [1.29, 1.82) is 0 Å². The van der Waals surface area contributed by atoms with E-state index < -0.39 is 12.2 Å². The van der Waals surface area contributed by atoms with E-state index in [0.29, 0.717) is 17.7 Å². The van der Waals surface area contributed by atoms with Crippen LogP contribution in [0.2, 0.25) is 0 Å². The molecule has 7 N–H and O–H groups in total. The van der Waals surface area contributed by atoms with Crippen molar-refractivity contribution in [3.63, 3.8) is 0 Å². The molecule has 0 aliphatic carbocycles. The van der Waals surface area contributed by atoms with Gasteiger partial charge in [-0.1, -0.05) is 6.07 Å². The molecule has 0 bridgehead atoms. The average Bonchev–Trinajstić information content (AvgIpc) is 2.58. The first-order valence-corrected chi connectivity index (χ1v) is 8.23. The van der Waals surface area contributed by atoms with Crippen molar-refractivity contribution in [2.75, 3.05) is 12.3 Å². The molecule has 0 fully saturated rings. The molecule has 1 aliphatic rings. The summed E-state index contributed by atoms with van der Waals surface area (Å²) in [5.41, 5.74) is 5.85. The molecule has 0 radical (unpaired) electrons. The summed E-state index contributed by atoms with van der Waals surface area (Å²) >= 11 is 3.80. The van der Waals surface area contributed by atoms with Gasteiger partial charge in [-0.05, 0) is 17.7 Å². The van der Waals surface area contributed by atoms with E-state index in [1.54, 1.807) is 0 Å². The highest BCUT2D eigenvalue weighted by atomic mass is 32.1. The number of fused-ring (bicyclic) bond motifs is 1. The fourth-order valence-corrected chi connectivity index (χ4v) is 2.47. The summed E-state index contributed by atoms with van der Waals surface area (Å²) in [6.07, 6.45) is -1.56. The second kappa shape index (κ2) is 8.19. The summed E-state index contributed by atoms with van der Waals surface area (Å²) in [7, 11) is 0. The van der Waals surface area contributed by atoms with Gasteiger partial charge in [-0.15, -0.1) is 0 Å². The predicted octanol–water partition coefficient (Wildman–Crippen LogP) is 1.42. The number of thiol groups is 1. The Balaban J connectivity index is 0.000000511. The monoisotopic (exact) mass is 367 g/mol. The Bertz CT molecular complexity index is 737. The molecule has 0 unspecified atom stereocenters. The van der Waals surface area contributed by atoms with Crippen LogP contribution in [0.15, 0.2) is 30.3 Å². The van der Waals surface area contributed by atoms with E-state index in [2.05, 4.69) is 12.6 Å². The van der Waals surface area contributed by atoms with E-state index in [9.17, 15) is 25.5 Å². The molecular weight excluding hydrogens is 346 g/mol. The Labute approximate surface area is 150 Å². The molecule has 0 saturated carbocycles. The quantitative estimate of drug-likeness (QED) is 0.315. The van der Waals surface area contributed by atoms with Gasteiger partial charge in [0.15, 0.2) is 11.5 Å². The minimum absolute atomic E-state index is 0.143. The van der Waals surface area contributed by atoms with Gasteiger partial charge < -0.3 is 36.0 Å². The van der Waals surface area contributed by atoms with Crippen molar-refractivity contribution in [2.24, 2.45) is 5.73 Å². The van der Waals surface area contributed by atoms with E-state index in [1.807, 2.05) is 0 Å². The highest BCUT2D eigenvalue weighted by Crippen LogP contribution is 2.42. The summed E-state index contributed by atoms with van der Waals surface area (Å²) in [5, 5.41) is 48.3. The summed E-state index contributed by atoms with van der Waals surface area (Å²) in [6.45, 7) is 0.684. The van der Waals surface area contributed by atoms with Crippen molar-refractivity contribution in [2.45, 2.75) is 18.6 Å². The minimum Gasteiger partial charge on any atom is -0.508 e. The normalized spacial score (nSPS) is 18.5. The zero-order chi connectivity index (χ0) is 18.6. The molecule has 3 rings (SSSR count). The lowest BCUT2D eigenvalue weighted by Gasteiger charge is -2.31. The molecule has 7 nitrogen and oxygen atoms in total. The van der Waals surface area contributed by atoms with Crippen LogP contribution in [0.25, 0.3) is 0 Å². The Kier molecular flexibility index (Phi) is 6.24. The van der Waals surface area contributed by atoms with Crippen LogP contribution in [0.4, 0.5) is 0 Å². The second-order valence-corrected chi connectivity index (χ2v) is 5.96. The number of aromatic hydroxyl groups is 4. The van der Waals surface area contributed by atoms with E-state index >= 15 is 0 Å². The number of phenolic OH excluding ortho intramolecular Hbond substituents is 4. The lowest BCUT2D eigenvalue weighted by molar-refractivity contribution is 0.0197. The molecule has 25 heavy (non-hydrogen) atoms. The highest BCUT2D eigenvalue weighted by Gasteiger charge is 2.32. The van der Waals surface area contributed by atoms with Gasteiger partial charge in [-0.3, -0.25) is 0 Å². The standard InChI is InChI=1S/C15H14O6.C2H7NS/c16-8-4-11(18)9-6-13(20)15(21-14(9)5-8)7-1-2-10(17)12(19)3-7;3-1-2-4/h1-5,13,15-20H,6H2;4H,1-3H2/t13-,15+;/m0./s1. The van der Waals surface area contributed by atoms with Crippen LogP contribution in [0.3, 0.4) is 0 Å². The molecule has 2 aromatic rings. The van der Waals surface area contributed by atoms with E-state index in [0.717, 1.165) is 5.75 Å². The van der Waals surface area contributed by atoms with Crippen LogP contribution < -0.4 is 10.5 Å². The van der Waals surface area contributed by atoms with Crippen LogP contribution in [0, 0.1) is 0 Å². The third-order valence-electron chi connectivity index (χ3n) is 3.64. The molecule has 2 aromatic carbocycles. The van der Waals surface area contributed by atoms with Crippen molar-refractivity contribution in [1.82, 2.24) is 0 Å². The number of aliphatic hydroxyl groups excluding tert-OH is 1. The number of aliphatic hydroxyl groups is 1. The molecule has 0 saturated heterocycles. The van der Waals surface area contributed by atoms with E-state index in [1.165, 1.54) is 30.3 Å². The third kappa shape index (κ3) is 4.41. The number of ether oxygens (including phenoxy) is 1. The van der Waals surface area contributed by atoms with Gasteiger partial charge in [0.1, 0.15) is 23.4 Å². The van der Waals surface area contributed by atoms with Crippen LogP contribution in [0.1, 0.15) is 17.2 Å². The number of nitrogens with two attached hydrogens (primary N) is 1. The molecule has 0 spiro atoms. The second-order valence-electron chi connectivity index (χ2n) is 5.51. The zero-order valence-electron chi connectivity index (χ0n) is 13.3. The fraction of sp³-hybridized carbons (Fsp3) is 0.294.